The average Bonchev–Trinajstić information content (AvgIpc) is 3.55. The van der Waals surface area contributed by atoms with E-state index in [1.54, 1.807) is 6.07 Å². The molecule has 0 spiro atoms. The highest BCUT2D eigenvalue weighted by atomic mass is 35.5. The molecule has 3 nitrogen and oxygen atoms in total. The van der Waals surface area contributed by atoms with Crippen molar-refractivity contribution in [2.75, 3.05) is 0 Å². The number of halogens is 1. The molecule has 0 heterocycles. The van der Waals surface area contributed by atoms with Crippen molar-refractivity contribution >= 4 is 17.6 Å². The maximum atomic E-state index is 12.7. The third-order valence-electron chi connectivity index (χ3n) is 5.22. The quantitative estimate of drug-likeness (QED) is 0.531. The highest BCUT2D eigenvalue weighted by Gasteiger charge is 2.52. The maximum absolute atomic E-state index is 12.7. The molecule has 0 amide bonds. The molecule has 0 aromatic heterocycles. The molecule has 0 atom stereocenters. The van der Waals surface area contributed by atoms with Gasteiger partial charge in [-0.15, -0.1) is 0 Å². The van der Waals surface area contributed by atoms with Crippen molar-refractivity contribution in [2.24, 2.45) is 0 Å². The minimum Gasteiger partial charge on any atom is -0.460 e. The van der Waals surface area contributed by atoms with E-state index in [4.69, 9.17) is 16.3 Å². The van der Waals surface area contributed by atoms with Crippen molar-refractivity contribution in [3.05, 3.63) is 94.5 Å². The van der Waals surface area contributed by atoms with Crippen molar-refractivity contribution in [3.8, 4) is 17.2 Å². The number of hydrogen-bond donors (Lipinski definition) is 0. The number of rotatable bonds is 5. The van der Waals surface area contributed by atoms with Gasteiger partial charge in [0, 0.05) is 5.02 Å². The van der Waals surface area contributed by atoms with Gasteiger partial charge in [-0.1, -0.05) is 66.2 Å². The van der Waals surface area contributed by atoms with Crippen LogP contribution in [0.3, 0.4) is 0 Å². The zero-order chi connectivity index (χ0) is 19.6. The van der Waals surface area contributed by atoms with Gasteiger partial charge in [0.25, 0.3) is 0 Å². The van der Waals surface area contributed by atoms with Crippen LogP contribution < -0.4 is 0 Å². The van der Waals surface area contributed by atoms with Crippen LogP contribution in [0, 0.1) is 11.3 Å². The van der Waals surface area contributed by atoms with Crippen molar-refractivity contribution in [1.29, 1.82) is 5.26 Å². The van der Waals surface area contributed by atoms with Gasteiger partial charge in [-0.25, -0.2) is 0 Å². The first-order valence-corrected chi connectivity index (χ1v) is 9.52. The molecule has 0 saturated heterocycles. The Kier molecular flexibility index (Phi) is 4.90. The molecule has 0 aliphatic heterocycles. The van der Waals surface area contributed by atoms with Gasteiger partial charge in [0.1, 0.15) is 6.61 Å². The lowest BCUT2D eigenvalue weighted by molar-refractivity contribution is -0.148. The normalized spacial score (nSPS) is 14.1. The number of esters is 1. The number of carbonyl (C=O) groups excluding carboxylic acids is 1. The predicted molar refractivity (Wildman–Crippen MR) is 109 cm³/mol. The molecule has 0 N–H and O–H groups in total. The lowest BCUT2D eigenvalue weighted by atomic mass is 9.96. The van der Waals surface area contributed by atoms with Gasteiger partial charge in [0.15, 0.2) is 0 Å². The molecule has 0 radical (unpaired) electrons. The number of nitriles is 1. The molecule has 4 rings (SSSR count). The fraction of sp³-hybridized carbons (Fsp3) is 0.167. The Morgan fingerprint density at radius 1 is 1.00 bits per heavy atom. The molecule has 138 valence electrons. The Bertz CT molecular complexity index is 1050. The molecule has 3 aromatic rings. The zero-order valence-electron chi connectivity index (χ0n) is 15.2. The number of carbonyl (C=O) groups is 1. The smallest absolute Gasteiger partial charge is 0.316 e. The van der Waals surface area contributed by atoms with Crippen LogP contribution in [-0.4, -0.2) is 5.97 Å². The van der Waals surface area contributed by atoms with Gasteiger partial charge in [0.05, 0.1) is 17.0 Å². The van der Waals surface area contributed by atoms with Crippen molar-refractivity contribution in [2.45, 2.75) is 24.9 Å². The second kappa shape index (κ2) is 7.50. The summed E-state index contributed by atoms with van der Waals surface area (Å²) in [5.41, 5.74) is 3.86. The summed E-state index contributed by atoms with van der Waals surface area (Å²) >= 11 is 5.95. The monoisotopic (exact) mass is 387 g/mol. The van der Waals surface area contributed by atoms with Crippen LogP contribution in [0.5, 0.6) is 0 Å². The van der Waals surface area contributed by atoms with Crippen LogP contribution in [0.1, 0.15) is 29.5 Å². The lowest BCUT2D eigenvalue weighted by Crippen LogP contribution is -2.23. The Balaban J connectivity index is 1.44. The summed E-state index contributed by atoms with van der Waals surface area (Å²) in [6, 6.07) is 24.9. The number of hydrogen-bond acceptors (Lipinski definition) is 3. The number of nitrogens with zero attached hydrogens (tertiary/aromatic N) is 1. The molecule has 3 aromatic carbocycles. The highest BCUT2D eigenvalue weighted by Crippen LogP contribution is 2.49. The SMILES string of the molecule is N#Cc1ccccc1-c1ccc(COC(=O)C2(c3ccc(Cl)cc3)CC2)cc1. The average molecular weight is 388 g/mol. The van der Waals surface area contributed by atoms with Crippen LogP contribution in [0.2, 0.25) is 5.02 Å². The minimum atomic E-state index is -0.518. The summed E-state index contributed by atoms with van der Waals surface area (Å²) in [6.07, 6.45) is 1.61. The summed E-state index contributed by atoms with van der Waals surface area (Å²) in [5, 5.41) is 9.91. The zero-order valence-corrected chi connectivity index (χ0v) is 15.9. The van der Waals surface area contributed by atoms with Gasteiger partial charge >= 0.3 is 5.97 Å². The van der Waals surface area contributed by atoms with Gasteiger partial charge in [-0.05, 0) is 53.3 Å². The molecular formula is C24H18ClNO2. The third kappa shape index (κ3) is 3.52. The Morgan fingerprint density at radius 3 is 2.32 bits per heavy atom. The van der Waals surface area contributed by atoms with Gasteiger partial charge in [0.2, 0.25) is 0 Å². The molecule has 1 saturated carbocycles. The molecule has 0 unspecified atom stereocenters. The van der Waals surface area contributed by atoms with E-state index in [1.165, 1.54) is 0 Å². The molecular weight excluding hydrogens is 370 g/mol. The van der Waals surface area contributed by atoms with E-state index in [2.05, 4.69) is 6.07 Å². The summed E-state index contributed by atoms with van der Waals surface area (Å²) in [6.45, 7) is 0.231. The van der Waals surface area contributed by atoms with Gasteiger partial charge < -0.3 is 4.74 Å². The molecule has 1 aliphatic rings. The van der Waals surface area contributed by atoms with E-state index >= 15 is 0 Å². The Labute approximate surface area is 169 Å². The molecule has 4 heteroatoms. The Hall–Kier alpha value is -3.09. The van der Waals surface area contributed by atoms with Gasteiger partial charge in [-0.3, -0.25) is 4.79 Å². The van der Waals surface area contributed by atoms with E-state index in [1.807, 2.05) is 66.7 Å². The third-order valence-corrected chi connectivity index (χ3v) is 5.47. The summed E-state index contributed by atoms with van der Waals surface area (Å²) in [5.74, 6) is -0.186. The first-order valence-electron chi connectivity index (χ1n) is 9.14. The molecule has 1 fully saturated rings. The molecule has 1 aliphatic carbocycles. The van der Waals surface area contributed by atoms with E-state index in [0.29, 0.717) is 10.6 Å². The Morgan fingerprint density at radius 2 is 1.68 bits per heavy atom. The summed E-state index contributed by atoms with van der Waals surface area (Å²) in [7, 11) is 0. The number of ether oxygens (including phenoxy) is 1. The second-order valence-corrected chi connectivity index (χ2v) is 7.46. The summed E-state index contributed by atoms with van der Waals surface area (Å²) < 4.78 is 5.61. The molecule has 28 heavy (non-hydrogen) atoms. The second-order valence-electron chi connectivity index (χ2n) is 7.02. The first-order chi connectivity index (χ1) is 13.6. The minimum absolute atomic E-state index is 0.186. The van der Waals surface area contributed by atoms with E-state index in [9.17, 15) is 10.1 Å². The van der Waals surface area contributed by atoms with Crippen molar-refractivity contribution in [3.63, 3.8) is 0 Å². The first kappa shape index (κ1) is 18.3. The van der Waals surface area contributed by atoms with Crippen molar-refractivity contribution < 1.29 is 9.53 Å². The molecule has 0 bridgehead atoms. The lowest BCUT2D eigenvalue weighted by Gasteiger charge is -2.15. The van der Waals surface area contributed by atoms with E-state index in [-0.39, 0.29) is 12.6 Å². The summed E-state index contributed by atoms with van der Waals surface area (Å²) in [4.78, 5) is 12.7. The topological polar surface area (TPSA) is 50.1 Å². The predicted octanol–water partition coefficient (Wildman–Crippen LogP) is 5.65. The fourth-order valence-electron chi connectivity index (χ4n) is 3.40. The van der Waals surface area contributed by atoms with E-state index < -0.39 is 5.41 Å². The highest BCUT2D eigenvalue weighted by molar-refractivity contribution is 6.30. The largest absolute Gasteiger partial charge is 0.460 e. The van der Waals surface area contributed by atoms with Crippen LogP contribution in [0.4, 0.5) is 0 Å². The van der Waals surface area contributed by atoms with Crippen LogP contribution in [-0.2, 0) is 21.6 Å². The van der Waals surface area contributed by atoms with E-state index in [0.717, 1.165) is 35.1 Å². The number of benzene rings is 3. The van der Waals surface area contributed by atoms with Crippen LogP contribution >= 0.6 is 11.6 Å². The maximum Gasteiger partial charge on any atom is 0.316 e. The van der Waals surface area contributed by atoms with Crippen LogP contribution in [0.25, 0.3) is 11.1 Å². The van der Waals surface area contributed by atoms with Crippen LogP contribution in [0.15, 0.2) is 72.8 Å². The standard InChI is InChI=1S/C24H18ClNO2/c25-21-11-9-20(10-12-21)24(13-14-24)23(27)28-16-17-5-7-18(8-6-17)22-4-2-1-3-19(22)15-26/h1-12H,13-14,16H2. The van der Waals surface area contributed by atoms with Gasteiger partial charge in [-0.2, -0.15) is 5.26 Å². The fourth-order valence-corrected chi connectivity index (χ4v) is 3.53. The van der Waals surface area contributed by atoms with Crippen molar-refractivity contribution in [1.82, 2.24) is 0 Å².